The van der Waals surface area contributed by atoms with Gasteiger partial charge < -0.3 is 5.32 Å². The summed E-state index contributed by atoms with van der Waals surface area (Å²) in [5, 5.41) is 3.47. The summed E-state index contributed by atoms with van der Waals surface area (Å²) in [6.45, 7) is 5.55. The Morgan fingerprint density at radius 2 is 2.40 bits per heavy atom. The molecule has 0 aromatic rings. The Bertz CT molecular complexity index is 117. The Labute approximate surface area is 63.5 Å². The van der Waals surface area contributed by atoms with Gasteiger partial charge in [-0.25, -0.2) is 0 Å². The van der Waals surface area contributed by atoms with Gasteiger partial charge in [-0.15, -0.1) is 0 Å². The number of nitrogens with one attached hydrogen (secondary N) is 1. The normalized spacial score (nSPS) is 24.8. The molecular formula is C9H17N. The molecule has 1 unspecified atom stereocenters. The van der Waals surface area contributed by atoms with E-state index in [2.05, 4.69) is 25.2 Å². The zero-order valence-corrected chi connectivity index (χ0v) is 6.98. The van der Waals surface area contributed by atoms with Gasteiger partial charge >= 0.3 is 0 Å². The van der Waals surface area contributed by atoms with Crippen LogP contribution < -0.4 is 5.32 Å². The summed E-state index contributed by atoms with van der Waals surface area (Å²) in [7, 11) is 0. The molecule has 1 heterocycles. The van der Waals surface area contributed by atoms with Crippen molar-refractivity contribution < 1.29 is 0 Å². The average Bonchev–Trinajstić information content (AvgIpc) is 2.34. The summed E-state index contributed by atoms with van der Waals surface area (Å²) < 4.78 is 0. The Morgan fingerprint density at radius 1 is 1.60 bits per heavy atom. The lowest BCUT2D eigenvalue weighted by Gasteiger charge is -2.05. The van der Waals surface area contributed by atoms with Crippen LogP contribution in [0, 0.1) is 0 Å². The monoisotopic (exact) mass is 139 g/mol. The molecule has 0 aliphatic carbocycles. The molecule has 0 amide bonds. The minimum absolute atomic E-state index is 0.773. The van der Waals surface area contributed by atoms with E-state index in [1.54, 1.807) is 0 Å². The highest BCUT2D eigenvalue weighted by atomic mass is 14.9. The molecule has 1 heteroatoms. The van der Waals surface area contributed by atoms with E-state index >= 15 is 0 Å². The highest BCUT2D eigenvalue weighted by Gasteiger charge is 2.11. The second kappa shape index (κ2) is 3.77. The third-order valence-corrected chi connectivity index (χ3v) is 1.97. The maximum atomic E-state index is 3.47. The third kappa shape index (κ3) is 2.53. The smallest absolute Gasteiger partial charge is 0.0102 e. The quantitative estimate of drug-likeness (QED) is 0.578. The largest absolute Gasteiger partial charge is 0.314 e. The lowest BCUT2D eigenvalue weighted by atomic mass is 10.1. The third-order valence-electron chi connectivity index (χ3n) is 1.97. The summed E-state index contributed by atoms with van der Waals surface area (Å²) in [6, 6.07) is 0.773. The number of allylic oxidation sites excluding steroid dienone is 1. The van der Waals surface area contributed by atoms with Crippen molar-refractivity contribution in [3.05, 3.63) is 11.6 Å². The van der Waals surface area contributed by atoms with Crippen LogP contribution in [0.3, 0.4) is 0 Å². The number of hydrogen-bond acceptors (Lipinski definition) is 1. The molecule has 0 radical (unpaired) electrons. The van der Waals surface area contributed by atoms with Crippen LogP contribution in [0.25, 0.3) is 0 Å². The van der Waals surface area contributed by atoms with Crippen molar-refractivity contribution in [2.75, 3.05) is 6.54 Å². The van der Waals surface area contributed by atoms with Gasteiger partial charge in [0.1, 0.15) is 0 Å². The van der Waals surface area contributed by atoms with Crippen molar-refractivity contribution >= 4 is 0 Å². The van der Waals surface area contributed by atoms with E-state index in [1.165, 1.54) is 31.4 Å². The second-order valence-corrected chi connectivity index (χ2v) is 3.31. The molecule has 1 atom stereocenters. The van der Waals surface area contributed by atoms with E-state index in [4.69, 9.17) is 0 Å². The first kappa shape index (κ1) is 7.80. The van der Waals surface area contributed by atoms with E-state index in [0.29, 0.717) is 0 Å². The van der Waals surface area contributed by atoms with E-state index in [-0.39, 0.29) is 0 Å². The van der Waals surface area contributed by atoms with Crippen molar-refractivity contribution in [2.45, 2.75) is 39.2 Å². The highest BCUT2D eigenvalue weighted by molar-refractivity contribution is 4.96. The standard InChI is InChI=1S/C9H17N/c1-8(2)5-6-9-4-3-7-10-9/h5,9-10H,3-4,6-7H2,1-2H3. The van der Waals surface area contributed by atoms with Crippen LogP contribution in [0.15, 0.2) is 11.6 Å². The van der Waals surface area contributed by atoms with Crippen LogP contribution in [0.1, 0.15) is 33.1 Å². The Morgan fingerprint density at radius 3 is 2.90 bits per heavy atom. The number of hydrogen-bond donors (Lipinski definition) is 1. The van der Waals surface area contributed by atoms with Gasteiger partial charge in [-0.2, -0.15) is 0 Å². The maximum Gasteiger partial charge on any atom is 0.0102 e. The van der Waals surface area contributed by atoms with Gasteiger partial charge in [0.25, 0.3) is 0 Å². The molecule has 1 N–H and O–H groups in total. The molecule has 1 fully saturated rings. The van der Waals surface area contributed by atoms with E-state index < -0.39 is 0 Å². The van der Waals surface area contributed by atoms with Gasteiger partial charge in [0.05, 0.1) is 0 Å². The summed E-state index contributed by atoms with van der Waals surface area (Å²) in [5.74, 6) is 0. The van der Waals surface area contributed by atoms with Crippen molar-refractivity contribution in [3.8, 4) is 0 Å². The maximum absolute atomic E-state index is 3.47. The lowest BCUT2D eigenvalue weighted by Crippen LogP contribution is -2.20. The molecule has 1 nitrogen and oxygen atoms in total. The molecular weight excluding hydrogens is 122 g/mol. The average molecular weight is 139 g/mol. The molecule has 0 aromatic carbocycles. The SMILES string of the molecule is CC(C)=CCC1CCCN1. The van der Waals surface area contributed by atoms with Crippen molar-refractivity contribution in [2.24, 2.45) is 0 Å². The molecule has 1 saturated heterocycles. The van der Waals surface area contributed by atoms with E-state index in [9.17, 15) is 0 Å². The minimum atomic E-state index is 0.773. The topological polar surface area (TPSA) is 12.0 Å². The van der Waals surface area contributed by atoms with E-state index in [0.717, 1.165) is 6.04 Å². The Kier molecular flexibility index (Phi) is 2.94. The van der Waals surface area contributed by atoms with Crippen molar-refractivity contribution in [3.63, 3.8) is 0 Å². The predicted molar refractivity (Wildman–Crippen MR) is 45.1 cm³/mol. The van der Waals surface area contributed by atoms with Crippen LogP contribution in [0.4, 0.5) is 0 Å². The zero-order chi connectivity index (χ0) is 7.40. The van der Waals surface area contributed by atoms with Gasteiger partial charge in [-0.05, 0) is 39.7 Å². The molecule has 1 rings (SSSR count). The highest BCUT2D eigenvalue weighted by Crippen LogP contribution is 2.09. The van der Waals surface area contributed by atoms with Crippen LogP contribution in [-0.4, -0.2) is 12.6 Å². The van der Waals surface area contributed by atoms with Crippen LogP contribution in [0.2, 0.25) is 0 Å². The lowest BCUT2D eigenvalue weighted by molar-refractivity contribution is 0.613. The molecule has 1 aliphatic heterocycles. The van der Waals surface area contributed by atoms with Gasteiger partial charge in [0.2, 0.25) is 0 Å². The molecule has 0 spiro atoms. The Balaban J connectivity index is 2.18. The molecule has 0 saturated carbocycles. The molecule has 58 valence electrons. The fourth-order valence-corrected chi connectivity index (χ4v) is 1.34. The van der Waals surface area contributed by atoms with Crippen molar-refractivity contribution in [1.82, 2.24) is 5.32 Å². The molecule has 10 heavy (non-hydrogen) atoms. The summed E-state index contributed by atoms with van der Waals surface area (Å²) in [5.41, 5.74) is 1.44. The summed E-state index contributed by atoms with van der Waals surface area (Å²) >= 11 is 0. The first-order chi connectivity index (χ1) is 4.79. The van der Waals surface area contributed by atoms with Crippen LogP contribution in [0.5, 0.6) is 0 Å². The predicted octanol–water partition coefficient (Wildman–Crippen LogP) is 2.09. The first-order valence-electron chi connectivity index (χ1n) is 4.16. The van der Waals surface area contributed by atoms with Crippen LogP contribution in [-0.2, 0) is 0 Å². The first-order valence-corrected chi connectivity index (χ1v) is 4.16. The van der Waals surface area contributed by atoms with Gasteiger partial charge in [0.15, 0.2) is 0 Å². The molecule has 1 aliphatic rings. The summed E-state index contributed by atoms with van der Waals surface area (Å²) in [4.78, 5) is 0. The van der Waals surface area contributed by atoms with Gasteiger partial charge in [0, 0.05) is 6.04 Å². The van der Waals surface area contributed by atoms with E-state index in [1.807, 2.05) is 0 Å². The number of rotatable bonds is 2. The molecule has 0 aromatic heterocycles. The zero-order valence-electron chi connectivity index (χ0n) is 6.98. The minimum Gasteiger partial charge on any atom is -0.314 e. The van der Waals surface area contributed by atoms with Gasteiger partial charge in [-0.3, -0.25) is 0 Å². The molecule has 0 bridgehead atoms. The fraction of sp³-hybridized carbons (Fsp3) is 0.778. The van der Waals surface area contributed by atoms with Crippen molar-refractivity contribution in [1.29, 1.82) is 0 Å². The Hall–Kier alpha value is -0.300. The second-order valence-electron chi connectivity index (χ2n) is 3.31. The van der Waals surface area contributed by atoms with Crippen LogP contribution >= 0.6 is 0 Å². The van der Waals surface area contributed by atoms with Gasteiger partial charge in [-0.1, -0.05) is 11.6 Å². The summed E-state index contributed by atoms with van der Waals surface area (Å²) in [6.07, 6.45) is 6.27. The fourth-order valence-electron chi connectivity index (χ4n) is 1.34.